The van der Waals surface area contributed by atoms with Gasteiger partial charge in [0, 0.05) is 11.8 Å². The number of halogens is 1. The zero-order chi connectivity index (χ0) is 16.7. The van der Waals surface area contributed by atoms with E-state index in [0.29, 0.717) is 18.8 Å². The van der Waals surface area contributed by atoms with Crippen LogP contribution in [0.2, 0.25) is 0 Å². The SMILES string of the molecule is Cc1cn(CO[C@@H](CCl)COCc2ccccc2)c(=O)[nH]c1=O. The van der Waals surface area contributed by atoms with Crippen LogP contribution in [0.1, 0.15) is 11.1 Å². The maximum atomic E-state index is 11.7. The lowest BCUT2D eigenvalue weighted by Crippen LogP contribution is -2.33. The number of nitrogens with zero attached hydrogens (tertiary/aromatic N) is 1. The number of benzene rings is 1. The first-order chi connectivity index (χ1) is 11.1. The first-order valence-corrected chi connectivity index (χ1v) is 7.73. The lowest BCUT2D eigenvalue weighted by atomic mass is 10.2. The Labute approximate surface area is 138 Å². The lowest BCUT2D eigenvalue weighted by molar-refractivity contribution is -0.0390. The van der Waals surface area contributed by atoms with Gasteiger partial charge in [0.05, 0.1) is 25.2 Å². The van der Waals surface area contributed by atoms with Crippen LogP contribution in [-0.4, -0.2) is 28.1 Å². The maximum Gasteiger partial charge on any atom is 0.330 e. The second-order valence-corrected chi connectivity index (χ2v) is 5.42. The second kappa shape index (κ2) is 8.67. The van der Waals surface area contributed by atoms with E-state index in [-0.39, 0.29) is 18.7 Å². The second-order valence-electron chi connectivity index (χ2n) is 5.11. The summed E-state index contributed by atoms with van der Waals surface area (Å²) in [5.41, 5.74) is 0.592. The molecule has 2 rings (SSSR count). The third-order valence-corrected chi connectivity index (χ3v) is 3.57. The summed E-state index contributed by atoms with van der Waals surface area (Å²) in [7, 11) is 0. The number of rotatable bonds is 8. The van der Waals surface area contributed by atoms with E-state index in [9.17, 15) is 9.59 Å². The van der Waals surface area contributed by atoms with Crippen LogP contribution in [0.15, 0.2) is 46.1 Å². The van der Waals surface area contributed by atoms with E-state index >= 15 is 0 Å². The Morgan fingerprint density at radius 1 is 1.26 bits per heavy atom. The summed E-state index contributed by atoms with van der Waals surface area (Å²) >= 11 is 5.86. The molecule has 6 nitrogen and oxygen atoms in total. The highest BCUT2D eigenvalue weighted by Gasteiger charge is 2.10. The van der Waals surface area contributed by atoms with E-state index in [2.05, 4.69) is 4.98 Å². The minimum Gasteiger partial charge on any atom is -0.374 e. The molecule has 0 amide bonds. The molecular formula is C16H19ClN2O4. The molecule has 0 unspecified atom stereocenters. The molecule has 1 N–H and O–H groups in total. The van der Waals surface area contributed by atoms with Gasteiger partial charge in [0.1, 0.15) is 6.73 Å². The fourth-order valence-corrected chi connectivity index (χ4v) is 2.10. The van der Waals surface area contributed by atoms with Crippen LogP contribution in [0.3, 0.4) is 0 Å². The van der Waals surface area contributed by atoms with Crippen molar-refractivity contribution in [2.75, 3.05) is 12.5 Å². The van der Waals surface area contributed by atoms with Crippen molar-refractivity contribution in [2.24, 2.45) is 0 Å². The summed E-state index contributed by atoms with van der Waals surface area (Å²) < 4.78 is 12.4. The van der Waals surface area contributed by atoms with Crippen molar-refractivity contribution in [3.8, 4) is 0 Å². The minimum absolute atomic E-state index is 0.00252. The standard InChI is InChI=1S/C16H19ClN2O4/c1-12-8-19(16(21)18-15(12)20)11-23-14(7-17)10-22-9-13-5-3-2-4-6-13/h2-6,8,14H,7,9-11H2,1H3,(H,18,20,21)/t14-/m0/s1. The Morgan fingerprint density at radius 3 is 2.70 bits per heavy atom. The Morgan fingerprint density at radius 2 is 2.00 bits per heavy atom. The molecule has 0 bridgehead atoms. The average Bonchev–Trinajstić information content (AvgIpc) is 2.56. The van der Waals surface area contributed by atoms with E-state index in [1.165, 1.54) is 10.8 Å². The lowest BCUT2D eigenvalue weighted by Gasteiger charge is -2.16. The Bertz CT molecular complexity index is 727. The molecule has 1 aromatic carbocycles. The summed E-state index contributed by atoms with van der Waals surface area (Å²) in [6.45, 7) is 2.41. The third-order valence-electron chi connectivity index (χ3n) is 3.23. The molecule has 124 valence electrons. The van der Waals surface area contributed by atoms with Gasteiger partial charge in [-0.25, -0.2) is 4.79 Å². The number of hydrogen-bond acceptors (Lipinski definition) is 4. The summed E-state index contributed by atoms with van der Waals surface area (Å²) in [5, 5.41) is 0. The molecule has 7 heteroatoms. The van der Waals surface area contributed by atoms with E-state index in [1.54, 1.807) is 6.92 Å². The number of alkyl halides is 1. The maximum absolute atomic E-state index is 11.7. The van der Waals surface area contributed by atoms with Gasteiger partial charge in [-0.05, 0) is 12.5 Å². The van der Waals surface area contributed by atoms with Crippen LogP contribution < -0.4 is 11.2 Å². The highest BCUT2D eigenvalue weighted by atomic mass is 35.5. The Kier molecular flexibility index (Phi) is 6.58. The predicted molar refractivity (Wildman–Crippen MR) is 87.8 cm³/mol. The van der Waals surface area contributed by atoms with Crippen LogP contribution >= 0.6 is 11.6 Å². The number of aryl methyl sites for hydroxylation is 1. The van der Waals surface area contributed by atoms with Gasteiger partial charge in [0.2, 0.25) is 0 Å². The van der Waals surface area contributed by atoms with Crippen LogP contribution in [0, 0.1) is 6.92 Å². The van der Waals surface area contributed by atoms with Gasteiger partial charge in [0.15, 0.2) is 0 Å². The first-order valence-electron chi connectivity index (χ1n) is 7.19. The van der Waals surface area contributed by atoms with Crippen LogP contribution in [-0.2, 0) is 22.8 Å². The summed E-state index contributed by atoms with van der Waals surface area (Å²) in [4.78, 5) is 25.2. The quantitative estimate of drug-likeness (QED) is 0.743. The molecule has 1 atom stereocenters. The first kappa shape index (κ1) is 17.5. The predicted octanol–water partition coefficient (Wildman–Crippen LogP) is 1.64. The number of ether oxygens (including phenoxy) is 2. The number of aromatic nitrogens is 2. The third kappa shape index (κ3) is 5.35. The molecule has 0 saturated carbocycles. The van der Waals surface area contributed by atoms with Gasteiger partial charge in [-0.3, -0.25) is 14.3 Å². The number of H-pyrrole nitrogens is 1. The van der Waals surface area contributed by atoms with Crippen molar-refractivity contribution >= 4 is 11.6 Å². The normalized spacial score (nSPS) is 12.3. The van der Waals surface area contributed by atoms with E-state index in [0.717, 1.165) is 5.56 Å². The van der Waals surface area contributed by atoms with Crippen molar-refractivity contribution in [1.29, 1.82) is 0 Å². The minimum atomic E-state index is -0.515. The van der Waals surface area contributed by atoms with Gasteiger partial charge in [-0.2, -0.15) is 0 Å². The van der Waals surface area contributed by atoms with Crippen molar-refractivity contribution in [2.45, 2.75) is 26.4 Å². The zero-order valence-electron chi connectivity index (χ0n) is 12.8. The van der Waals surface area contributed by atoms with Gasteiger partial charge in [-0.1, -0.05) is 30.3 Å². The molecule has 0 radical (unpaired) electrons. The monoisotopic (exact) mass is 338 g/mol. The van der Waals surface area contributed by atoms with E-state index in [4.69, 9.17) is 21.1 Å². The zero-order valence-corrected chi connectivity index (χ0v) is 13.6. The molecule has 23 heavy (non-hydrogen) atoms. The van der Waals surface area contributed by atoms with Gasteiger partial charge >= 0.3 is 5.69 Å². The fourth-order valence-electron chi connectivity index (χ4n) is 1.92. The topological polar surface area (TPSA) is 73.3 Å². The van der Waals surface area contributed by atoms with Crippen molar-refractivity contribution < 1.29 is 9.47 Å². The molecule has 1 aromatic heterocycles. The van der Waals surface area contributed by atoms with Crippen LogP contribution in [0.4, 0.5) is 0 Å². The van der Waals surface area contributed by atoms with Gasteiger partial charge in [0.25, 0.3) is 5.56 Å². The number of nitrogens with one attached hydrogen (secondary N) is 1. The summed E-state index contributed by atoms with van der Waals surface area (Å²) in [6.07, 6.45) is 1.11. The molecule has 0 fully saturated rings. The highest BCUT2D eigenvalue weighted by Crippen LogP contribution is 2.04. The fraction of sp³-hybridized carbons (Fsp3) is 0.375. The average molecular weight is 339 g/mol. The Hall–Kier alpha value is -1.89. The molecule has 0 aliphatic heterocycles. The van der Waals surface area contributed by atoms with Crippen molar-refractivity contribution in [1.82, 2.24) is 9.55 Å². The number of aromatic amines is 1. The Balaban J connectivity index is 1.84. The molecular weight excluding hydrogens is 320 g/mol. The highest BCUT2D eigenvalue weighted by molar-refractivity contribution is 6.18. The smallest absolute Gasteiger partial charge is 0.330 e. The van der Waals surface area contributed by atoms with Crippen LogP contribution in [0.25, 0.3) is 0 Å². The van der Waals surface area contributed by atoms with Crippen molar-refractivity contribution in [3.05, 3.63) is 68.5 Å². The molecule has 0 spiro atoms. The van der Waals surface area contributed by atoms with E-state index in [1.807, 2.05) is 30.3 Å². The van der Waals surface area contributed by atoms with Gasteiger partial charge in [-0.15, -0.1) is 11.6 Å². The summed E-state index contributed by atoms with van der Waals surface area (Å²) in [6, 6.07) is 9.77. The van der Waals surface area contributed by atoms with Crippen LogP contribution in [0.5, 0.6) is 0 Å². The van der Waals surface area contributed by atoms with Crippen molar-refractivity contribution in [3.63, 3.8) is 0 Å². The van der Waals surface area contributed by atoms with E-state index < -0.39 is 11.2 Å². The summed E-state index contributed by atoms with van der Waals surface area (Å²) in [5.74, 6) is 0.242. The molecule has 2 aromatic rings. The largest absolute Gasteiger partial charge is 0.374 e. The number of hydrogen-bond donors (Lipinski definition) is 1. The molecule has 0 saturated heterocycles. The van der Waals surface area contributed by atoms with Gasteiger partial charge < -0.3 is 9.47 Å². The molecule has 0 aliphatic rings. The molecule has 0 aliphatic carbocycles. The molecule has 1 heterocycles.